The van der Waals surface area contributed by atoms with Crippen LogP contribution < -0.4 is 5.32 Å². The first-order chi connectivity index (χ1) is 14.7. The molecule has 0 bridgehead atoms. The number of amides is 2. The van der Waals surface area contributed by atoms with Crippen molar-refractivity contribution in [3.8, 4) is 0 Å². The zero-order valence-electron chi connectivity index (χ0n) is 17.2. The number of nitrogens with one attached hydrogen (secondary N) is 1. The van der Waals surface area contributed by atoms with Gasteiger partial charge >= 0.3 is 0 Å². The van der Waals surface area contributed by atoms with E-state index in [1.807, 2.05) is 23.1 Å². The predicted molar refractivity (Wildman–Crippen MR) is 114 cm³/mol. The molecule has 158 valence electrons. The molecule has 0 aliphatic carbocycles. The third-order valence-electron chi connectivity index (χ3n) is 6.19. The van der Waals surface area contributed by atoms with Crippen molar-refractivity contribution in [2.45, 2.75) is 38.3 Å². The molecule has 4 heterocycles. The quantitative estimate of drug-likeness (QED) is 0.821. The Kier molecular flexibility index (Phi) is 6.69. The van der Waals surface area contributed by atoms with Gasteiger partial charge in [0.15, 0.2) is 0 Å². The number of likely N-dealkylation sites (tertiary alicyclic amines) is 2. The largest absolute Gasteiger partial charge is 0.352 e. The Balaban J connectivity index is 1.26. The fourth-order valence-electron chi connectivity index (χ4n) is 4.49. The minimum atomic E-state index is 0.0328. The van der Waals surface area contributed by atoms with E-state index in [4.69, 9.17) is 0 Å². The maximum Gasteiger partial charge on any atom is 0.255 e. The lowest BCUT2D eigenvalue weighted by Crippen LogP contribution is -2.51. The molecule has 0 spiro atoms. The Labute approximate surface area is 177 Å². The molecule has 2 aliphatic rings. The van der Waals surface area contributed by atoms with Gasteiger partial charge in [-0.3, -0.25) is 24.5 Å². The number of carbonyl (C=O) groups excluding carboxylic acids is 2. The molecule has 2 aromatic heterocycles. The van der Waals surface area contributed by atoms with Gasteiger partial charge < -0.3 is 10.2 Å². The third-order valence-corrected chi connectivity index (χ3v) is 6.19. The molecule has 2 saturated heterocycles. The van der Waals surface area contributed by atoms with E-state index in [1.165, 1.54) is 0 Å². The number of carbonyl (C=O) groups is 2. The second-order valence-corrected chi connectivity index (χ2v) is 8.18. The number of nitrogens with zero attached hydrogens (tertiary/aromatic N) is 4. The first kappa shape index (κ1) is 20.5. The molecule has 0 unspecified atom stereocenters. The molecule has 2 fully saturated rings. The van der Waals surface area contributed by atoms with Crippen LogP contribution in [0, 0.1) is 5.92 Å². The first-order valence-electron chi connectivity index (χ1n) is 10.8. The van der Waals surface area contributed by atoms with Gasteiger partial charge in [-0.2, -0.15) is 0 Å². The predicted octanol–water partition coefficient (Wildman–Crippen LogP) is 2.11. The molecule has 0 radical (unpaired) electrons. The standard InChI is InChI=1S/C23H29N5O2/c29-22(26-15-18-4-1-9-24-14-18)20-6-3-11-28(17-20)21-7-12-27(13-8-21)23(30)19-5-2-10-25-16-19/h1-2,4-5,9-10,14,16,20-21H,3,6-8,11-13,15,17H2,(H,26,29)/t20-/m0/s1. The van der Waals surface area contributed by atoms with Gasteiger partial charge in [0.2, 0.25) is 5.91 Å². The molecule has 7 nitrogen and oxygen atoms in total. The van der Waals surface area contributed by atoms with E-state index in [-0.39, 0.29) is 17.7 Å². The average molecular weight is 408 g/mol. The van der Waals surface area contributed by atoms with Crippen LogP contribution in [0.5, 0.6) is 0 Å². The number of hydrogen-bond donors (Lipinski definition) is 1. The first-order valence-corrected chi connectivity index (χ1v) is 10.8. The van der Waals surface area contributed by atoms with Crippen LogP contribution in [0.25, 0.3) is 0 Å². The van der Waals surface area contributed by atoms with E-state index >= 15 is 0 Å². The molecule has 4 rings (SSSR count). The van der Waals surface area contributed by atoms with Gasteiger partial charge in [0.05, 0.1) is 11.5 Å². The molecule has 1 N–H and O–H groups in total. The van der Waals surface area contributed by atoms with Crippen LogP contribution in [0.2, 0.25) is 0 Å². The second-order valence-electron chi connectivity index (χ2n) is 8.18. The highest BCUT2D eigenvalue weighted by Gasteiger charge is 2.32. The highest BCUT2D eigenvalue weighted by atomic mass is 16.2. The van der Waals surface area contributed by atoms with Crippen molar-refractivity contribution >= 4 is 11.8 Å². The third kappa shape index (κ3) is 5.02. The fourth-order valence-corrected chi connectivity index (χ4v) is 4.49. The van der Waals surface area contributed by atoms with Crippen molar-refractivity contribution in [3.63, 3.8) is 0 Å². The van der Waals surface area contributed by atoms with Crippen molar-refractivity contribution in [3.05, 3.63) is 60.2 Å². The van der Waals surface area contributed by atoms with Crippen molar-refractivity contribution in [2.75, 3.05) is 26.2 Å². The Morgan fingerprint density at radius 2 is 1.77 bits per heavy atom. The van der Waals surface area contributed by atoms with Crippen molar-refractivity contribution < 1.29 is 9.59 Å². The monoisotopic (exact) mass is 407 g/mol. The van der Waals surface area contributed by atoms with Gasteiger partial charge in [-0.25, -0.2) is 0 Å². The van der Waals surface area contributed by atoms with Gasteiger partial charge in [0.25, 0.3) is 5.91 Å². The summed E-state index contributed by atoms with van der Waals surface area (Å²) in [5.74, 6) is 0.228. The molecular weight excluding hydrogens is 378 g/mol. The van der Waals surface area contributed by atoms with Gasteiger partial charge in [-0.15, -0.1) is 0 Å². The number of hydrogen-bond acceptors (Lipinski definition) is 5. The molecule has 7 heteroatoms. The van der Waals surface area contributed by atoms with Crippen LogP contribution in [-0.2, 0) is 11.3 Å². The Morgan fingerprint density at radius 1 is 1.00 bits per heavy atom. The summed E-state index contributed by atoms with van der Waals surface area (Å²) >= 11 is 0. The van der Waals surface area contributed by atoms with Crippen molar-refractivity contribution in [2.24, 2.45) is 5.92 Å². The Morgan fingerprint density at radius 3 is 2.47 bits per heavy atom. The highest BCUT2D eigenvalue weighted by Crippen LogP contribution is 2.24. The number of piperidine rings is 2. The summed E-state index contributed by atoms with van der Waals surface area (Å²) in [6.45, 7) is 3.88. The summed E-state index contributed by atoms with van der Waals surface area (Å²) < 4.78 is 0. The molecule has 2 aliphatic heterocycles. The summed E-state index contributed by atoms with van der Waals surface area (Å²) in [7, 11) is 0. The average Bonchev–Trinajstić information content (AvgIpc) is 2.83. The maximum absolute atomic E-state index is 12.7. The minimum absolute atomic E-state index is 0.0328. The summed E-state index contributed by atoms with van der Waals surface area (Å²) in [5.41, 5.74) is 1.67. The molecule has 2 amide bonds. The maximum atomic E-state index is 12.7. The number of rotatable bonds is 5. The lowest BCUT2D eigenvalue weighted by molar-refractivity contribution is -0.127. The van der Waals surface area contributed by atoms with Crippen LogP contribution in [-0.4, -0.2) is 63.8 Å². The summed E-state index contributed by atoms with van der Waals surface area (Å²) in [6.07, 6.45) is 10.7. The lowest BCUT2D eigenvalue weighted by atomic mass is 9.93. The van der Waals surface area contributed by atoms with Crippen molar-refractivity contribution in [1.82, 2.24) is 25.1 Å². The SMILES string of the molecule is O=C(NCc1cccnc1)[C@H]1CCCN(C2CCN(C(=O)c3cccnc3)CC2)C1. The van der Waals surface area contributed by atoms with E-state index in [2.05, 4.69) is 20.2 Å². The molecule has 0 saturated carbocycles. The van der Waals surface area contributed by atoms with Crippen LogP contribution in [0.1, 0.15) is 41.6 Å². The topological polar surface area (TPSA) is 78.4 Å². The zero-order valence-corrected chi connectivity index (χ0v) is 17.2. The normalized spacial score (nSPS) is 20.7. The zero-order chi connectivity index (χ0) is 20.8. The summed E-state index contributed by atoms with van der Waals surface area (Å²) in [5, 5.41) is 3.07. The second kappa shape index (κ2) is 9.80. The minimum Gasteiger partial charge on any atom is -0.352 e. The van der Waals surface area contributed by atoms with E-state index < -0.39 is 0 Å². The summed E-state index contributed by atoms with van der Waals surface area (Å²) in [4.78, 5) is 37.8. The van der Waals surface area contributed by atoms with E-state index in [1.54, 1.807) is 30.9 Å². The molecule has 0 aromatic carbocycles. The number of aromatic nitrogens is 2. The smallest absolute Gasteiger partial charge is 0.255 e. The van der Waals surface area contributed by atoms with Gasteiger partial charge in [0.1, 0.15) is 0 Å². The Bertz CT molecular complexity index is 837. The van der Waals surface area contributed by atoms with Gasteiger partial charge in [-0.1, -0.05) is 6.07 Å². The van der Waals surface area contributed by atoms with Crippen LogP contribution in [0.4, 0.5) is 0 Å². The molecule has 30 heavy (non-hydrogen) atoms. The lowest BCUT2D eigenvalue weighted by Gasteiger charge is -2.42. The fraction of sp³-hybridized carbons (Fsp3) is 0.478. The molecular formula is C23H29N5O2. The molecule has 2 aromatic rings. The van der Waals surface area contributed by atoms with Crippen LogP contribution >= 0.6 is 0 Å². The van der Waals surface area contributed by atoms with Crippen molar-refractivity contribution in [1.29, 1.82) is 0 Å². The van der Waals surface area contributed by atoms with E-state index in [0.717, 1.165) is 57.4 Å². The van der Waals surface area contributed by atoms with E-state index in [0.29, 0.717) is 18.2 Å². The number of pyridine rings is 2. The summed E-state index contributed by atoms with van der Waals surface area (Å²) in [6, 6.07) is 7.92. The van der Waals surface area contributed by atoms with Gasteiger partial charge in [-0.05, 0) is 56.0 Å². The van der Waals surface area contributed by atoms with E-state index in [9.17, 15) is 9.59 Å². The van der Waals surface area contributed by atoms with Crippen LogP contribution in [0.15, 0.2) is 49.1 Å². The van der Waals surface area contributed by atoms with Crippen LogP contribution in [0.3, 0.4) is 0 Å². The highest BCUT2D eigenvalue weighted by molar-refractivity contribution is 5.93. The van der Waals surface area contributed by atoms with Gasteiger partial charge in [0, 0.05) is 57.0 Å². The molecule has 1 atom stereocenters. The Hall–Kier alpha value is -2.80.